The van der Waals surface area contributed by atoms with Gasteiger partial charge in [0, 0.05) is 33.7 Å². The van der Waals surface area contributed by atoms with Gasteiger partial charge in [0.25, 0.3) is 5.69 Å². The Morgan fingerprint density at radius 2 is 1.96 bits per heavy atom. The molecule has 0 bridgehead atoms. The number of rotatable bonds is 5. The van der Waals surface area contributed by atoms with Crippen LogP contribution < -0.4 is 0 Å². The molecule has 7 nitrogen and oxygen atoms in total. The van der Waals surface area contributed by atoms with E-state index in [0.29, 0.717) is 31.5 Å². The Labute approximate surface area is 175 Å². The molecule has 0 amide bonds. The van der Waals surface area contributed by atoms with Crippen LogP contribution in [0.1, 0.15) is 25.5 Å². The zero-order chi connectivity index (χ0) is 20.4. The molecule has 0 atom stereocenters. The molecule has 3 rings (SSSR count). The lowest BCUT2D eigenvalue weighted by Crippen LogP contribution is -2.05. The number of benzene rings is 2. The molecule has 2 aromatic carbocycles. The Morgan fingerprint density at radius 1 is 1.21 bits per heavy atom. The van der Waals surface area contributed by atoms with Crippen LogP contribution in [0.15, 0.2) is 46.5 Å². The van der Waals surface area contributed by atoms with E-state index in [-0.39, 0.29) is 17.3 Å². The number of non-ortho nitro benzene ring substituents is 1. The predicted octanol–water partition coefficient (Wildman–Crippen LogP) is 5.76. The van der Waals surface area contributed by atoms with Gasteiger partial charge in [0.2, 0.25) is 0 Å². The van der Waals surface area contributed by atoms with Crippen molar-refractivity contribution in [3.05, 3.63) is 62.1 Å². The van der Waals surface area contributed by atoms with Gasteiger partial charge in [0.05, 0.1) is 15.5 Å². The highest BCUT2D eigenvalue weighted by molar-refractivity contribution is 7.99. The van der Waals surface area contributed by atoms with Crippen LogP contribution in [0.3, 0.4) is 0 Å². The molecule has 28 heavy (non-hydrogen) atoms. The van der Waals surface area contributed by atoms with Gasteiger partial charge in [-0.25, -0.2) is 0 Å². The molecule has 0 saturated heterocycles. The number of halogens is 2. The Hall–Kier alpha value is -2.60. The molecule has 3 aromatic rings. The molecule has 142 valence electrons. The van der Waals surface area contributed by atoms with Gasteiger partial charge in [-0.3, -0.25) is 14.7 Å². The maximum absolute atomic E-state index is 10.9. The molecule has 1 heterocycles. The fraction of sp³-hybridized carbons (Fsp3) is 0.167. The monoisotopic (exact) mass is 433 g/mol. The van der Waals surface area contributed by atoms with Crippen LogP contribution in [-0.2, 0) is 0 Å². The molecule has 0 aliphatic rings. The molecular formula is C18H13Cl2N5O2S. The summed E-state index contributed by atoms with van der Waals surface area (Å²) >= 11 is 13.5. The van der Waals surface area contributed by atoms with Crippen molar-refractivity contribution in [1.29, 1.82) is 5.26 Å². The van der Waals surface area contributed by atoms with Crippen molar-refractivity contribution in [1.82, 2.24) is 14.8 Å². The number of nitro benzene ring substituents is 1. The zero-order valence-corrected chi connectivity index (χ0v) is 17.1. The number of hydrogen-bond acceptors (Lipinski definition) is 6. The Morgan fingerprint density at radius 3 is 2.57 bits per heavy atom. The largest absolute Gasteiger partial charge is 0.299 e. The maximum atomic E-state index is 10.9. The minimum absolute atomic E-state index is 0.00262. The average Bonchev–Trinajstić information content (AvgIpc) is 3.05. The summed E-state index contributed by atoms with van der Waals surface area (Å²) in [4.78, 5) is 11.0. The summed E-state index contributed by atoms with van der Waals surface area (Å²) in [5.41, 5.74) is 0.742. The summed E-state index contributed by atoms with van der Waals surface area (Å²) in [6.45, 7) is 3.95. The molecule has 0 N–H and O–H groups in total. The van der Waals surface area contributed by atoms with E-state index in [1.165, 1.54) is 30.0 Å². The number of nitro groups is 1. The molecular weight excluding hydrogens is 421 g/mol. The third kappa shape index (κ3) is 3.97. The first-order valence-corrected chi connectivity index (χ1v) is 9.65. The van der Waals surface area contributed by atoms with Gasteiger partial charge >= 0.3 is 0 Å². The van der Waals surface area contributed by atoms with E-state index < -0.39 is 4.92 Å². The van der Waals surface area contributed by atoms with Crippen molar-refractivity contribution in [2.45, 2.75) is 29.9 Å². The number of aromatic nitrogens is 3. The standard InChI is InChI=1S/C18H13Cl2N5O2S/c1-10(2)24-17(14-5-3-12(19)8-15(14)20)22-23-18(24)28-16-6-4-13(25(26)27)7-11(16)9-21/h3-8,10H,1-2H3. The fourth-order valence-corrected chi connectivity index (χ4v) is 4.09. The highest BCUT2D eigenvalue weighted by Gasteiger charge is 2.21. The van der Waals surface area contributed by atoms with Crippen molar-refractivity contribution in [2.75, 3.05) is 0 Å². The van der Waals surface area contributed by atoms with Gasteiger partial charge in [-0.05, 0) is 49.9 Å². The van der Waals surface area contributed by atoms with Gasteiger partial charge in [0.1, 0.15) is 6.07 Å². The smallest absolute Gasteiger partial charge is 0.270 e. The highest BCUT2D eigenvalue weighted by atomic mass is 35.5. The third-order valence-corrected chi connectivity index (χ3v) is 5.43. The molecule has 10 heteroatoms. The van der Waals surface area contributed by atoms with E-state index in [9.17, 15) is 15.4 Å². The van der Waals surface area contributed by atoms with E-state index in [2.05, 4.69) is 10.2 Å². The van der Waals surface area contributed by atoms with E-state index in [1.54, 1.807) is 18.2 Å². The second kappa shape index (κ2) is 8.19. The molecule has 0 aliphatic carbocycles. The quantitative estimate of drug-likeness (QED) is 0.374. The summed E-state index contributed by atoms with van der Waals surface area (Å²) in [6, 6.07) is 11.3. The van der Waals surface area contributed by atoms with Crippen LogP contribution in [0.4, 0.5) is 5.69 Å². The van der Waals surface area contributed by atoms with Crippen LogP contribution >= 0.6 is 35.0 Å². The summed E-state index contributed by atoms with van der Waals surface area (Å²) < 4.78 is 1.89. The summed E-state index contributed by atoms with van der Waals surface area (Å²) in [6.07, 6.45) is 0. The molecule has 0 spiro atoms. The number of hydrogen-bond donors (Lipinski definition) is 0. The van der Waals surface area contributed by atoms with E-state index >= 15 is 0 Å². The Balaban J connectivity index is 2.06. The van der Waals surface area contributed by atoms with Gasteiger partial charge in [0.15, 0.2) is 11.0 Å². The summed E-state index contributed by atoms with van der Waals surface area (Å²) in [7, 11) is 0. The van der Waals surface area contributed by atoms with Crippen LogP contribution in [0, 0.1) is 21.4 Å². The van der Waals surface area contributed by atoms with Gasteiger partial charge in [-0.2, -0.15) is 5.26 Å². The minimum atomic E-state index is -0.535. The average molecular weight is 434 g/mol. The normalized spacial score (nSPS) is 10.9. The van der Waals surface area contributed by atoms with E-state index in [4.69, 9.17) is 23.2 Å². The van der Waals surface area contributed by atoms with Crippen molar-refractivity contribution < 1.29 is 4.92 Å². The van der Waals surface area contributed by atoms with Gasteiger partial charge < -0.3 is 0 Å². The molecule has 0 saturated carbocycles. The second-order valence-corrected chi connectivity index (χ2v) is 7.90. The van der Waals surface area contributed by atoms with Crippen molar-refractivity contribution in [3.63, 3.8) is 0 Å². The first kappa shape index (κ1) is 20.1. The topological polar surface area (TPSA) is 97.6 Å². The summed E-state index contributed by atoms with van der Waals surface area (Å²) in [5, 5.41) is 30.3. The third-order valence-electron chi connectivity index (χ3n) is 3.85. The SMILES string of the molecule is CC(C)n1c(Sc2ccc([N+](=O)[O-])cc2C#N)nnc1-c1ccc(Cl)cc1Cl. The molecule has 0 fully saturated rings. The Bertz CT molecular complexity index is 1110. The van der Waals surface area contributed by atoms with Gasteiger partial charge in [-0.1, -0.05) is 23.2 Å². The lowest BCUT2D eigenvalue weighted by Gasteiger charge is -2.14. The first-order valence-electron chi connectivity index (χ1n) is 8.08. The van der Waals surface area contributed by atoms with Gasteiger partial charge in [-0.15, -0.1) is 10.2 Å². The van der Waals surface area contributed by atoms with Crippen LogP contribution in [-0.4, -0.2) is 19.7 Å². The van der Waals surface area contributed by atoms with Crippen molar-refractivity contribution in [2.24, 2.45) is 0 Å². The highest BCUT2D eigenvalue weighted by Crippen LogP contribution is 2.37. The lowest BCUT2D eigenvalue weighted by molar-refractivity contribution is -0.384. The molecule has 0 unspecified atom stereocenters. The van der Waals surface area contributed by atoms with E-state index in [1.807, 2.05) is 24.5 Å². The van der Waals surface area contributed by atoms with Crippen LogP contribution in [0.2, 0.25) is 10.0 Å². The maximum Gasteiger partial charge on any atom is 0.270 e. The van der Waals surface area contributed by atoms with Crippen LogP contribution in [0.5, 0.6) is 0 Å². The predicted molar refractivity (Wildman–Crippen MR) is 108 cm³/mol. The van der Waals surface area contributed by atoms with Crippen LogP contribution in [0.25, 0.3) is 11.4 Å². The van der Waals surface area contributed by atoms with E-state index in [0.717, 1.165) is 0 Å². The molecule has 0 aliphatic heterocycles. The van der Waals surface area contributed by atoms with Crippen molar-refractivity contribution in [3.8, 4) is 17.5 Å². The summed E-state index contributed by atoms with van der Waals surface area (Å²) in [5.74, 6) is 0.569. The van der Waals surface area contributed by atoms with Crippen molar-refractivity contribution >= 4 is 40.7 Å². The Kier molecular flexibility index (Phi) is 5.89. The number of nitriles is 1. The first-order chi connectivity index (χ1) is 13.3. The molecule has 0 radical (unpaired) electrons. The molecule has 1 aromatic heterocycles. The zero-order valence-electron chi connectivity index (χ0n) is 14.8. The number of nitrogens with zero attached hydrogens (tertiary/aromatic N) is 5. The minimum Gasteiger partial charge on any atom is -0.299 e. The lowest BCUT2D eigenvalue weighted by atomic mass is 10.2. The second-order valence-electron chi connectivity index (χ2n) is 6.05. The fourth-order valence-electron chi connectivity index (χ4n) is 2.57.